The number of carbonyl (C=O) groups excluding carboxylic acids is 1. The van der Waals surface area contributed by atoms with Gasteiger partial charge >= 0.3 is 6.09 Å². The molecule has 0 unspecified atom stereocenters. The summed E-state index contributed by atoms with van der Waals surface area (Å²) in [6, 6.07) is 20.0. The van der Waals surface area contributed by atoms with Gasteiger partial charge in [-0.05, 0) is 53.4 Å². The van der Waals surface area contributed by atoms with E-state index in [1.54, 1.807) is 12.1 Å². The van der Waals surface area contributed by atoms with Crippen LogP contribution in [-0.4, -0.2) is 28.7 Å². The molecule has 7 nitrogen and oxygen atoms in total. The molecule has 0 bridgehead atoms. The van der Waals surface area contributed by atoms with Crippen LogP contribution in [0.15, 0.2) is 66.7 Å². The van der Waals surface area contributed by atoms with Crippen LogP contribution in [0.3, 0.4) is 0 Å². The zero-order valence-corrected chi connectivity index (χ0v) is 19.4. The molecule has 3 aromatic carbocycles. The molecular weight excluding hydrogens is 469 g/mol. The lowest BCUT2D eigenvalue weighted by molar-refractivity contribution is 0.174. The highest BCUT2D eigenvalue weighted by molar-refractivity contribution is 7.92. The number of halogens is 1. The summed E-state index contributed by atoms with van der Waals surface area (Å²) in [7, 11) is 0. The Morgan fingerprint density at radius 1 is 1.11 bits per heavy atom. The quantitative estimate of drug-likeness (QED) is 0.285. The first-order valence-corrected chi connectivity index (χ1v) is 12.0. The van der Waals surface area contributed by atoms with Crippen LogP contribution in [0.25, 0.3) is 10.9 Å². The molecular formula is C26H22FN3O4S. The van der Waals surface area contributed by atoms with E-state index in [2.05, 4.69) is 22.4 Å². The number of nitrogens with zero attached hydrogens (tertiary/aromatic N) is 1. The van der Waals surface area contributed by atoms with Crippen LogP contribution >= 0.6 is 12.2 Å². The number of aromatic amines is 1. The maximum absolute atomic E-state index is 13.4. The summed E-state index contributed by atoms with van der Waals surface area (Å²) in [4.78, 5) is 16.0. The molecule has 2 N–H and O–H groups in total. The third-order valence-corrected chi connectivity index (χ3v) is 7.05. The van der Waals surface area contributed by atoms with Crippen LogP contribution in [0.4, 0.5) is 9.18 Å². The molecule has 6 rings (SSSR count). The lowest BCUT2D eigenvalue weighted by atomic mass is 9.94. The molecule has 2 aliphatic rings. The second-order valence-corrected chi connectivity index (χ2v) is 9.18. The van der Waals surface area contributed by atoms with E-state index in [1.807, 2.05) is 34.6 Å². The second kappa shape index (κ2) is 9.16. The first kappa shape index (κ1) is 21.8. The van der Waals surface area contributed by atoms with Crippen molar-refractivity contribution >= 4 is 29.2 Å². The van der Waals surface area contributed by atoms with Crippen LogP contribution in [0.1, 0.15) is 28.4 Å². The average molecular weight is 492 g/mol. The standard InChI is InChI=1S/C26H22FN3O4S/c27-18-5-3-4-16(12-18)14-28-26(31)34-35-30-11-10-20-19-6-1-2-7-21(19)29-24(20)25(30)17-8-9-22-23(13-17)33-15-32-22/h1-9,12-13,25,29H,10-11,14-15H2,(H,28,31)/t25-/m1/s1. The van der Waals surface area contributed by atoms with Crippen molar-refractivity contribution in [2.24, 2.45) is 0 Å². The minimum Gasteiger partial charge on any atom is -0.454 e. The Labute approximate surface area is 205 Å². The molecule has 0 saturated carbocycles. The highest BCUT2D eigenvalue weighted by Crippen LogP contribution is 2.44. The SMILES string of the molecule is O=C(NCc1cccc(F)c1)OSN1CCc2c([nH]c3ccccc23)[C@H]1c1ccc2c(c1)OCO2. The first-order valence-electron chi connectivity index (χ1n) is 11.3. The molecule has 2 aliphatic heterocycles. The molecule has 1 amide bonds. The van der Waals surface area contributed by atoms with Crippen LogP contribution in [0, 0.1) is 5.82 Å². The molecule has 1 atom stereocenters. The summed E-state index contributed by atoms with van der Waals surface area (Å²) >= 11 is 1.01. The lowest BCUT2D eigenvalue weighted by Crippen LogP contribution is -2.32. The van der Waals surface area contributed by atoms with E-state index in [9.17, 15) is 9.18 Å². The van der Waals surface area contributed by atoms with Gasteiger partial charge in [0.25, 0.3) is 0 Å². The van der Waals surface area contributed by atoms with Gasteiger partial charge in [-0.3, -0.25) is 0 Å². The number of H-pyrrole nitrogens is 1. The average Bonchev–Trinajstić information content (AvgIpc) is 3.50. The number of aromatic nitrogens is 1. The summed E-state index contributed by atoms with van der Waals surface area (Å²) in [5.74, 6) is 1.07. The molecule has 35 heavy (non-hydrogen) atoms. The normalized spacial score (nSPS) is 16.8. The van der Waals surface area contributed by atoms with Gasteiger partial charge in [-0.25, -0.2) is 13.5 Å². The van der Waals surface area contributed by atoms with E-state index in [4.69, 9.17) is 13.7 Å². The highest BCUT2D eigenvalue weighted by Gasteiger charge is 2.34. The Morgan fingerprint density at radius 3 is 2.91 bits per heavy atom. The maximum atomic E-state index is 13.4. The fraction of sp³-hybridized carbons (Fsp3) is 0.192. The zero-order valence-electron chi connectivity index (χ0n) is 18.6. The van der Waals surface area contributed by atoms with Crippen LogP contribution < -0.4 is 14.8 Å². The summed E-state index contributed by atoms with van der Waals surface area (Å²) in [6.07, 6.45) is 0.216. The van der Waals surface area contributed by atoms with Crippen molar-refractivity contribution in [3.63, 3.8) is 0 Å². The lowest BCUT2D eigenvalue weighted by Gasteiger charge is -2.33. The second-order valence-electron chi connectivity index (χ2n) is 8.40. The largest absolute Gasteiger partial charge is 0.454 e. The number of amides is 1. The number of para-hydroxylation sites is 1. The fourth-order valence-electron chi connectivity index (χ4n) is 4.65. The van der Waals surface area contributed by atoms with E-state index in [1.165, 1.54) is 23.1 Å². The number of nitrogens with one attached hydrogen (secondary N) is 2. The highest BCUT2D eigenvalue weighted by atomic mass is 32.2. The van der Waals surface area contributed by atoms with Gasteiger partial charge in [0.1, 0.15) is 5.82 Å². The van der Waals surface area contributed by atoms with Crippen LogP contribution in [0.2, 0.25) is 0 Å². The van der Waals surface area contributed by atoms with E-state index >= 15 is 0 Å². The van der Waals surface area contributed by atoms with Gasteiger partial charge in [0.05, 0.1) is 6.04 Å². The van der Waals surface area contributed by atoms with Gasteiger partial charge in [-0.1, -0.05) is 36.4 Å². The van der Waals surface area contributed by atoms with E-state index < -0.39 is 6.09 Å². The number of carbonyl (C=O) groups is 1. The monoisotopic (exact) mass is 491 g/mol. The van der Waals surface area contributed by atoms with Crippen LogP contribution in [-0.2, 0) is 17.1 Å². The zero-order chi connectivity index (χ0) is 23.8. The Hall–Kier alpha value is -3.69. The van der Waals surface area contributed by atoms with Crippen molar-refractivity contribution in [3.05, 3.63) is 94.9 Å². The van der Waals surface area contributed by atoms with Gasteiger partial charge in [0.2, 0.25) is 6.79 Å². The third-order valence-electron chi connectivity index (χ3n) is 6.24. The summed E-state index contributed by atoms with van der Waals surface area (Å²) in [5.41, 5.74) is 5.05. The molecule has 0 fully saturated rings. The number of benzene rings is 3. The predicted molar refractivity (Wildman–Crippen MR) is 130 cm³/mol. The topological polar surface area (TPSA) is 75.8 Å². The van der Waals surface area contributed by atoms with Crippen molar-refractivity contribution in [2.45, 2.75) is 19.0 Å². The third kappa shape index (κ3) is 4.28. The minimum absolute atomic E-state index is 0.176. The van der Waals surface area contributed by atoms with Gasteiger partial charge in [0, 0.05) is 29.7 Å². The Kier molecular flexibility index (Phi) is 5.71. The van der Waals surface area contributed by atoms with Gasteiger partial charge in [-0.15, -0.1) is 0 Å². The summed E-state index contributed by atoms with van der Waals surface area (Å²) in [5, 5.41) is 3.88. The molecule has 0 spiro atoms. The molecule has 1 aromatic heterocycles. The number of ether oxygens (including phenoxy) is 2. The van der Waals surface area contributed by atoms with Crippen molar-refractivity contribution in [3.8, 4) is 11.5 Å². The van der Waals surface area contributed by atoms with Crippen molar-refractivity contribution < 1.29 is 22.8 Å². The van der Waals surface area contributed by atoms with Gasteiger partial charge in [0.15, 0.2) is 23.7 Å². The molecule has 3 heterocycles. The number of rotatable bonds is 5. The Balaban J connectivity index is 1.24. The summed E-state index contributed by atoms with van der Waals surface area (Å²) in [6.45, 7) is 1.05. The van der Waals surface area contributed by atoms with Crippen molar-refractivity contribution in [2.75, 3.05) is 13.3 Å². The first-order chi connectivity index (χ1) is 17.2. The fourth-order valence-corrected chi connectivity index (χ4v) is 5.35. The molecule has 0 aliphatic carbocycles. The van der Waals surface area contributed by atoms with Gasteiger partial charge < -0.3 is 24.0 Å². The maximum Gasteiger partial charge on any atom is 0.420 e. The number of fused-ring (bicyclic) bond motifs is 4. The van der Waals surface area contributed by atoms with E-state index in [-0.39, 0.29) is 25.2 Å². The van der Waals surface area contributed by atoms with E-state index in [0.29, 0.717) is 23.6 Å². The van der Waals surface area contributed by atoms with Crippen molar-refractivity contribution in [1.82, 2.24) is 14.6 Å². The molecule has 9 heteroatoms. The number of hydrogen-bond acceptors (Lipinski definition) is 6. The van der Waals surface area contributed by atoms with Gasteiger partial charge in [-0.2, -0.15) is 0 Å². The molecule has 0 radical (unpaired) electrons. The number of hydrogen-bond donors (Lipinski definition) is 2. The van der Waals surface area contributed by atoms with E-state index in [0.717, 1.165) is 35.4 Å². The predicted octanol–water partition coefficient (Wildman–Crippen LogP) is 5.47. The Bertz CT molecular complexity index is 1410. The molecule has 4 aromatic rings. The smallest absolute Gasteiger partial charge is 0.420 e. The minimum atomic E-state index is -0.592. The van der Waals surface area contributed by atoms with Crippen LogP contribution in [0.5, 0.6) is 11.5 Å². The summed E-state index contributed by atoms with van der Waals surface area (Å²) < 4.78 is 32.0. The van der Waals surface area contributed by atoms with Crippen molar-refractivity contribution in [1.29, 1.82) is 0 Å². The molecule has 0 saturated heterocycles. The Morgan fingerprint density at radius 2 is 2.00 bits per heavy atom. The molecule has 178 valence electrons.